The van der Waals surface area contributed by atoms with Crippen LogP contribution in [0.2, 0.25) is 0 Å². The van der Waals surface area contributed by atoms with Gasteiger partial charge in [-0.1, -0.05) is 11.2 Å². The molecule has 0 fully saturated rings. The molecule has 0 aliphatic heterocycles. The van der Waals surface area contributed by atoms with Gasteiger partial charge in [0, 0.05) is 18.0 Å². The molecule has 3 aromatic rings. The number of pyridine rings is 1. The van der Waals surface area contributed by atoms with Gasteiger partial charge in [0.05, 0.1) is 0 Å². The molecule has 0 unspecified atom stereocenters. The van der Waals surface area contributed by atoms with E-state index < -0.39 is 0 Å². The Bertz CT molecular complexity index is 748. The Hall–Kier alpha value is -2.89. The molecule has 2 N–H and O–H groups in total. The topological polar surface area (TPSA) is 92.3 Å². The first kappa shape index (κ1) is 12.2. The monoisotopic (exact) mass is 269 g/mol. The van der Waals surface area contributed by atoms with Crippen molar-refractivity contribution in [3.8, 4) is 34.3 Å². The number of hydrogen-bond donors (Lipinski definition) is 2. The van der Waals surface area contributed by atoms with Crippen LogP contribution < -0.4 is 0 Å². The SMILES string of the molecule is Cc1ccncc1-c1noc(-c2c(O)cccc2O)n1. The fourth-order valence-corrected chi connectivity index (χ4v) is 1.88. The van der Waals surface area contributed by atoms with Gasteiger partial charge in [-0.2, -0.15) is 4.98 Å². The standard InChI is InChI=1S/C14H11N3O3/c1-8-5-6-15-7-9(8)13-16-14(20-17-13)12-10(18)3-2-4-11(12)19/h2-7,18-19H,1H3. The van der Waals surface area contributed by atoms with Crippen molar-refractivity contribution in [3.05, 3.63) is 42.2 Å². The molecule has 0 amide bonds. The lowest BCUT2D eigenvalue weighted by Gasteiger charge is -2.01. The van der Waals surface area contributed by atoms with E-state index >= 15 is 0 Å². The van der Waals surface area contributed by atoms with E-state index in [-0.39, 0.29) is 23.0 Å². The lowest BCUT2D eigenvalue weighted by molar-refractivity contribution is 0.416. The van der Waals surface area contributed by atoms with Gasteiger partial charge < -0.3 is 14.7 Å². The smallest absolute Gasteiger partial charge is 0.265 e. The summed E-state index contributed by atoms with van der Waals surface area (Å²) in [6, 6.07) is 6.24. The Morgan fingerprint density at radius 2 is 1.85 bits per heavy atom. The molecule has 0 aliphatic carbocycles. The Labute approximate surface area is 114 Å². The highest BCUT2D eigenvalue weighted by Gasteiger charge is 2.18. The lowest BCUT2D eigenvalue weighted by atomic mass is 10.1. The van der Waals surface area contributed by atoms with Crippen molar-refractivity contribution >= 4 is 0 Å². The number of phenolic OH excluding ortho intramolecular Hbond substituents is 2. The van der Waals surface area contributed by atoms with Crippen LogP contribution in [0.15, 0.2) is 41.2 Å². The molecule has 3 rings (SSSR count). The number of aromatic nitrogens is 3. The fraction of sp³-hybridized carbons (Fsp3) is 0.0714. The van der Waals surface area contributed by atoms with Crippen molar-refractivity contribution in [2.45, 2.75) is 6.92 Å². The highest BCUT2D eigenvalue weighted by molar-refractivity contribution is 5.71. The van der Waals surface area contributed by atoms with Crippen molar-refractivity contribution in [3.63, 3.8) is 0 Å². The zero-order chi connectivity index (χ0) is 14.1. The van der Waals surface area contributed by atoms with Crippen molar-refractivity contribution in [2.24, 2.45) is 0 Å². The first-order valence-corrected chi connectivity index (χ1v) is 5.93. The maximum absolute atomic E-state index is 9.78. The molecule has 2 heterocycles. The summed E-state index contributed by atoms with van der Waals surface area (Å²) in [5.41, 5.74) is 1.80. The van der Waals surface area contributed by atoms with Crippen LogP contribution in [0, 0.1) is 6.92 Å². The van der Waals surface area contributed by atoms with Crippen LogP contribution in [-0.4, -0.2) is 25.3 Å². The largest absolute Gasteiger partial charge is 0.507 e. The Balaban J connectivity index is 2.10. The number of nitrogens with zero attached hydrogens (tertiary/aromatic N) is 3. The van der Waals surface area contributed by atoms with Gasteiger partial charge in [-0.05, 0) is 30.7 Å². The van der Waals surface area contributed by atoms with E-state index in [0.29, 0.717) is 5.82 Å². The molecule has 0 saturated carbocycles. The van der Waals surface area contributed by atoms with E-state index in [1.807, 2.05) is 13.0 Å². The van der Waals surface area contributed by atoms with E-state index in [4.69, 9.17) is 4.52 Å². The molecule has 20 heavy (non-hydrogen) atoms. The molecule has 100 valence electrons. The zero-order valence-electron chi connectivity index (χ0n) is 10.6. The van der Waals surface area contributed by atoms with Crippen LogP contribution in [0.25, 0.3) is 22.8 Å². The van der Waals surface area contributed by atoms with Crippen LogP contribution >= 0.6 is 0 Å². The molecular weight excluding hydrogens is 258 g/mol. The number of rotatable bonds is 2. The third-order valence-electron chi connectivity index (χ3n) is 2.94. The summed E-state index contributed by atoms with van der Waals surface area (Å²) in [4.78, 5) is 8.21. The third kappa shape index (κ3) is 1.97. The molecule has 0 atom stereocenters. The Morgan fingerprint density at radius 3 is 2.55 bits per heavy atom. The van der Waals surface area contributed by atoms with Crippen LogP contribution in [-0.2, 0) is 0 Å². The summed E-state index contributed by atoms with van der Waals surface area (Å²) < 4.78 is 5.11. The van der Waals surface area contributed by atoms with Gasteiger partial charge in [-0.3, -0.25) is 4.98 Å². The van der Waals surface area contributed by atoms with E-state index in [1.54, 1.807) is 12.4 Å². The lowest BCUT2D eigenvalue weighted by Crippen LogP contribution is -1.87. The predicted octanol–water partition coefficient (Wildman–Crippen LogP) is 2.52. The molecule has 0 bridgehead atoms. The summed E-state index contributed by atoms with van der Waals surface area (Å²) in [6.45, 7) is 1.91. The second kappa shape index (κ2) is 4.65. The number of aromatic hydroxyl groups is 2. The van der Waals surface area contributed by atoms with Gasteiger partial charge in [0.15, 0.2) is 0 Å². The molecule has 0 aliphatic rings. The van der Waals surface area contributed by atoms with Gasteiger partial charge in [-0.25, -0.2) is 0 Å². The van der Waals surface area contributed by atoms with E-state index in [9.17, 15) is 10.2 Å². The molecular formula is C14H11N3O3. The van der Waals surface area contributed by atoms with Crippen molar-refractivity contribution in [1.82, 2.24) is 15.1 Å². The zero-order valence-corrected chi connectivity index (χ0v) is 10.6. The quantitative estimate of drug-likeness (QED) is 0.742. The first-order valence-electron chi connectivity index (χ1n) is 5.93. The van der Waals surface area contributed by atoms with Crippen molar-refractivity contribution < 1.29 is 14.7 Å². The number of hydrogen-bond acceptors (Lipinski definition) is 6. The highest BCUT2D eigenvalue weighted by Crippen LogP contribution is 2.36. The molecule has 2 aromatic heterocycles. The van der Waals surface area contributed by atoms with Crippen LogP contribution in [0.4, 0.5) is 0 Å². The minimum absolute atomic E-state index is 0.0545. The third-order valence-corrected chi connectivity index (χ3v) is 2.94. The summed E-state index contributed by atoms with van der Waals surface area (Å²) in [7, 11) is 0. The average Bonchev–Trinajstić information content (AvgIpc) is 2.88. The Kier molecular flexibility index (Phi) is 2.83. The minimum atomic E-state index is -0.122. The number of benzene rings is 1. The molecule has 0 spiro atoms. The number of phenols is 2. The second-order valence-corrected chi connectivity index (χ2v) is 4.28. The molecule has 0 saturated heterocycles. The average molecular weight is 269 g/mol. The van der Waals surface area contributed by atoms with Crippen LogP contribution in [0.1, 0.15) is 5.56 Å². The Morgan fingerprint density at radius 1 is 1.10 bits per heavy atom. The highest BCUT2D eigenvalue weighted by atomic mass is 16.5. The van der Waals surface area contributed by atoms with Gasteiger partial charge in [-0.15, -0.1) is 0 Å². The van der Waals surface area contributed by atoms with Gasteiger partial charge in [0.25, 0.3) is 5.89 Å². The van der Waals surface area contributed by atoms with Crippen LogP contribution in [0.5, 0.6) is 11.5 Å². The summed E-state index contributed by atoms with van der Waals surface area (Å²) in [5, 5.41) is 23.4. The normalized spacial score (nSPS) is 10.7. The second-order valence-electron chi connectivity index (χ2n) is 4.28. The van der Waals surface area contributed by atoms with E-state index in [0.717, 1.165) is 11.1 Å². The van der Waals surface area contributed by atoms with Gasteiger partial charge >= 0.3 is 0 Å². The van der Waals surface area contributed by atoms with Crippen LogP contribution in [0.3, 0.4) is 0 Å². The number of aryl methyl sites for hydroxylation is 1. The van der Waals surface area contributed by atoms with Gasteiger partial charge in [0.1, 0.15) is 17.1 Å². The van der Waals surface area contributed by atoms with Crippen molar-refractivity contribution in [1.29, 1.82) is 0 Å². The minimum Gasteiger partial charge on any atom is -0.507 e. The summed E-state index contributed by atoms with van der Waals surface area (Å²) in [5.74, 6) is 0.165. The molecule has 1 aromatic carbocycles. The summed E-state index contributed by atoms with van der Waals surface area (Å²) in [6.07, 6.45) is 3.31. The maximum Gasteiger partial charge on any atom is 0.265 e. The first-order chi connectivity index (χ1) is 9.66. The molecule has 6 heteroatoms. The van der Waals surface area contributed by atoms with E-state index in [1.165, 1.54) is 18.2 Å². The fourth-order valence-electron chi connectivity index (χ4n) is 1.88. The molecule has 6 nitrogen and oxygen atoms in total. The van der Waals surface area contributed by atoms with Crippen molar-refractivity contribution in [2.75, 3.05) is 0 Å². The molecule has 0 radical (unpaired) electrons. The maximum atomic E-state index is 9.78. The van der Waals surface area contributed by atoms with Gasteiger partial charge in [0.2, 0.25) is 5.82 Å². The summed E-state index contributed by atoms with van der Waals surface area (Å²) >= 11 is 0. The van der Waals surface area contributed by atoms with E-state index in [2.05, 4.69) is 15.1 Å². The predicted molar refractivity (Wildman–Crippen MR) is 71.0 cm³/mol.